The van der Waals surface area contributed by atoms with Gasteiger partial charge in [-0.25, -0.2) is 9.18 Å². The number of ether oxygens (including phenoxy) is 1. The predicted octanol–water partition coefficient (Wildman–Crippen LogP) is 5.26. The largest absolute Gasteiger partial charge is 0.462 e. The van der Waals surface area contributed by atoms with Crippen LogP contribution >= 0.6 is 11.8 Å². The van der Waals surface area contributed by atoms with Crippen LogP contribution in [0.25, 0.3) is 0 Å². The molecule has 1 aliphatic heterocycles. The highest BCUT2D eigenvalue weighted by molar-refractivity contribution is 8.01. The van der Waals surface area contributed by atoms with Crippen LogP contribution < -0.4 is 4.90 Å². The molecular weight excluding hydrogens is 377 g/mol. The molecule has 0 spiro atoms. The maximum Gasteiger partial charge on any atom is 0.338 e. The fourth-order valence-corrected chi connectivity index (χ4v) is 4.93. The number of rotatable bonds is 6. The maximum atomic E-state index is 13.4. The molecule has 1 aliphatic rings. The average Bonchev–Trinajstić information content (AvgIpc) is 2.99. The molecule has 1 amide bonds. The lowest BCUT2D eigenvalue weighted by atomic mass is 10.1. The van der Waals surface area contributed by atoms with E-state index in [9.17, 15) is 14.0 Å². The number of aryl methyl sites for hydroxylation is 1. The van der Waals surface area contributed by atoms with Crippen molar-refractivity contribution < 1.29 is 18.7 Å². The van der Waals surface area contributed by atoms with Crippen LogP contribution in [0.15, 0.2) is 42.5 Å². The molecular formula is C22H24FNO3S. The summed E-state index contributed by atoms with van der Waals surface area (Å²) in [7, 11) is 0. The molecule has 148 valence electrons. The van der Waals surface area contributed by atoms with E-state index in [2.05, 4.69) is 6.92 Å². The molecule has 2 unspecified atom stereocenters. The van der Waals surface area contributed by atoms with E-state index < -0.39 is 0 Å². The van der Waals surface area contributed by atoms with Crippen LogP contribution in [0.2, 0.25) is 0 Å². The van der Waals surface area contributed by atoms with Gasteiger partial charge in [0.2, 0.25) is 5.91 Å². The Morgan fingerprint density at radius 3 is 2.50 bits per heavy atom. The summed E-state index contributed by atoms with van der Waals surface area (Å²) < 4.78 is 18.4. The second kappa shape index (κ2) is 8.78. The number of carbonyl (C=O) groups excluding carboxylic acids is 2. The van der Waals surface area contributed by atoms with Crippen LogP contribution in [0.5, 0.6) is 0 Å². The van der Waals surface area contributed by atoms with E-state index in [-0.39, 0.29) is 28.3 Å². The number of esters is 1. The van der Waals surface area contributed by atoms with Crippen molar-refractivity contribution in [3.8, 4) is 0 Å². The van der Waals surface area contributed by atoms with Crippen LogP contribution in [0.1, 0.15) is 53.5 Å². The number of thioether (sulfide) groups is 1. The summed E-state index contributed by atoms with van der Waals surface area (Å²) in [4.78, 5) is 26.9. The van der Waals surface area contributed by atoms with Gasteiger partial charge in [0.25, 0.3) is 0 Å². The van der Waals surface area contributed by atoms with Gasteiger partial charge in [-0.1, -0.05) is 25.5 Å². The summed E-state index contributed by atoms with van der Waals surface area (Å²) in [6, 6.07) is 11.5. The first-order valence-corrected chi connectivity index (χ1v) is 10.4. The van der Waals surface area contributed by atoms with Crippen molar-refractivity contribution in [1.82, 2.24) is 0 Å². The predicted molar refractivity (Wildman–Crippen MR) is 110 cm³/mol. The van der Waals surface area contributed by atoms with Gasteiger partial charge in [0.05, 0.1) is 17.4 Å². The van der Waals surface area contributed by atoms with Crippen molar-refractivity contribution in [1.29, 1.82) is 0 Å². The van der Waals surface area contributed by atoms with Gasteiger partial charge in [-0.3, -0.25) is 9.69 Å². The Bertz CT molecular complexity index is 869. The standard InChI is InChI=1S/C22H24FNO3S/c1-4-6-19-20(25)24(21(28-19)15-7-10-17(23)11-8-15)18-12-9-16(13-14(18)3)22(26)27-5-2/h7-13,19,21H,4-6H2,1-3H3. The highest BCUT2D eigenvalue weighted by atomic mass is 32.2. The van der Waals surface area contributed by atoms with E-state index in [1.54, 1.807) is 53.9 Å². The molecule has 4 nitrogen and oxygen atoms in total. The molecule has 0 aromatic heterocycles. The second-order valence-electron chi connectivity index (χ2n) is 6.75. The summed E-state index contributed by atoms with van der Waals surface area (Å²) in [6.07, 6.45) is 1.70. The van der Waals surface area contributed by atoms with Gasteiger partial charge in [-0.15, -0.1) is 11.8 Å². The molecule has 0 radical (unpaired) electrons. The van der Waals surface area contributed by atoms with E-state index in [0.717, 1.165) is 29.7 Å². The second-order valence-corrected chi connectivity index (χ2v) is 8.04. The molecule has 1 saturated heterocycles. The molecule has 2 atom stereocenters. The molecule has 2 aromatic rings. The first kappa shape index (κ1) is 20.4. The monoisotopic (exact) mass is 401 g/mol. The maximum absolute atomic E-state index is 13.4. The number of benzene rings is 2. The number of amides is 1. The van der Waals surface area contributed by atoms with Gasteiger partial charge in [-0.2, -0.15) is 0 Å². The lowest BCUT2D eigenvalue weighted by molar-refractivity contribution is -0.117. The number of carbonyl (C=O) groups is 2. The number of hydrogen-bond donors (Lipinski definition) is 0. The lowest BCUT2D eigenvalue weighted by Gasteiger charge is -2.26. The van der Waals surface area contributed by atoms with Crippen LogP contribution in [-0.4, -0.2) is 23.7 Å². The Kier molecular flexibility index (Phi) is 6.39. The van der Waals surface area contributed by atoms with E-state index >= 15 is 0 Å². The summed E-state index contributed by atoms with van der Waals surface area (Å²) in [6.45, 7) is 6.01. The third kappa shape index (κ3) is 4.07. The lowest BCUT2D eigenvalue weighted by Crippen LogP contribution is -2.31. The molecule has 0 N–H and O–H groups in total. The number of halogens is 1. The fraction of sp³-hybridized carbons (Fsp3) is 0.364. The Labute approximate surface area is 169 Å². The highest BCUT2D eigenvalue weighted by Gasteiger charge is 2.41. The Morgan fingerprint density at radius 2 is 1.89 bits per heavy atom. The van der Waals surface area contributed by atoms with Gasteiger partial charge in [-0.05, 0) is 61.7 Å². The van der Waals surface area contributed by atoms with Crippen LogP contribution in [0, 0.1) is 12.7 Å². The minimum Gasteiger partial charge on any atom is -0.462 e. The molecule has 6 heteroatoms. The number of nitrogens with zero attached hydrogens (tertiary/aromatic N) is 1. The molecule has 2 aromatic carbocycles. The summed E-state index contributed by atoms with van der Waals surface area (Å²) in [5, 5.41) is -0.360. The molecule has 0 aliphatic carbocycles. The van der Waals surface area contributed by atoms with E-state index in [4.69, 9.17) is 4.74 Å². The smallest absolute Gasteiger partial charge is 0.338 e. The Morgan fingerprint density at radius 1 is 1.18 bits per heavy atom. The quantitative estimate of drug-likeness (QED) is 0.620. The Balaban J connectivity index is 1.99. The number of anilines is 1. The highest BCUT2D eigenvalue weighted by Crippen LogP contribution is 2.47. The van der Waals surface area contributed by atoms with Crippen molar-refractivity contribution in [2.24, 2.45) is 0 Å². The van der Waals surface area contributed by atoms with E-state index in [1.807, 2.05) is 6.92 Å². The summed E-state index contributed by atoms with van der Waals surface area (Å²) >= 11 is 1.59. The summed E-state index contributed by atoms with van der Waals surface area (Å²) in [5.41, 5.74) is 2.93. The average molecular weight is 402 g/mol. The number of hydrogen-bond acceptors (Lipinski definition) is 4. The topological polar surface area (TPSA) is 46.6 Å². The van der Waals surface area contributed by atoms with Crippen molar-refractivity contribution in [2.45, 2.75) is 44.2 Å². The van der Waals surface area contributed by atoms with Crippen molar-refractivity contribution in [3.05, 3.63) is 65.0 Å². The molecule has 28 heavy (non-hydrogen) atoms. The zero-order chi connectivity index (χ0) is 20.3. The SMILES string of the molecule is CCCC1SC(c2ccc(F)cc2)N(c2ccc(C(=O)OCC)cc2C)C1=O. The molecule has 3 rings (SSSR count). The third-order valence-electron chi connectivity index (χ3n) is 4.71. The minimum absolute atomic E-state index is 0.0492. The van der Waals surface area contributed by atoms with E-state index in [1.165, 1.54) is 12.1 Å². The molecule has 1 fully saturated rings. The zero-order valence-electron chi connectivity index (χ0n) is 16.3. The van der Waals surface area contributed by atoms with Crippen LogP contribution in [0.3, 0.4) is 0 Å². The first-order chi connectivity index (χ1) is 13.5. The van der Waals surface area contributed by atoms with Crippen LogP contribution in [0.4, 0.5) is 10.1 Å². The first-order valence-electron chi connectivity index (χ1n) is 9.48. The molecule has 0 bridgehead atoms. The van der Waals surface area contributed by atoms with E-state index in [0.29, 0.717) is 12.2 Å². The van der Waals surface area contributed by atoms with Crippen LogP contribution in [-0.2, 0) is 9.53 Å². The van der Waals surface area contributed by atoms with Gasteiger partial charge in [0.1, 0.15) is 11.2 Å². The zero-order valence-corrected chi connectivity index (χ0v) is 17.1. The normalized spacial score (nSPS) is 19.1. The fourth-order valence-electron chi connectivity index (χ4n) is 3.37. The van der Waals surface area contributed by atoms with Gasteiger partial charge >= 0.3 is 5.97 Å². The molecule has 1 heterocycles. The van der Waals surface area contributed by atoms with Gasteiger partial charge in [0.15, 0.2) is 0 Å². The van der Waals surface area contributed by atoms with Crippen molar-refractivity contribution in [2.75, 3.05) is 11.5 Å². The minimum atomic E-state index is -0.377. The third-order valence-corrected chi connectivity index (χ3v) is 6.22. The van der Waals surface area contributed by atoms with Gasteiger partial charge < -0.3 is 4.74 Å². The van der Waals surface area contributed by atoms with Crippen molar-refractivity contribution in [3.63, 3.8) is 0 Å². The summed E-state index contributed by atoms with van der Waals surface area (Å²) in [5.74, 6) is -0.629. The van der Waals surface area contributed by atoms with Crippen molar-refractivity contribution >= 4 is 29.3 Å². The van der Waals surface area contributed by atoms with Gasteiger partial charge in [0, 0.05) is 5.69 Å². The Hall–Kier alpha value is -2.34. The molecule has 0 saturated carbocycles.